The van der Waals surface area contributed by atoms with E-state index in [4.69, 9.17) is 0 Å². The van der Waals surface area contributed by atoms with E-state index in [1.165, 1.54) is 0 Å². The zero-order chi connectivity index (χ0) is 20.7. The van der Waals surface area contributed by atoms with E-state index in [2.05, 4.69) is 42.6 Å². The van der Waals surface area contributed by atoms with Gasteiger partial charge in [0.25, 0.3) is 0 Å². The van der Waals surface area contributed by atoms with Crippen LogP contribution >= 0.6 is 0 Å². The lowest BCUT2D eigenvalue weighted by Crippen LogP contribution is -2.17. The predicted molar refractivity (Wildman–Crippen MR) is 118 cm³/mol. The Labute approximate surface area is 172 Å². The number of aromatic nitrogens is 5. The van der Waals surface area contributed by atoms with Gasteiger partial charge in [-0.05, 0) is 35.9 Å². The molecule has 0 aliphatic heterocycles. The molecule has 4 aromatic heterocycles. The maximum atomic E-state index is 12.0. The van der Waals surface area contributed by atoms with Gasteiger partial charge in [0.05, 0.1) is 34.8 Å². The molecule has 0 atom stereocenters. The Hall–Kier alpha value is -4.00. The third-order valence-corrected chi connectivity index (χ3v) is 5.11. The second kappa shape index (κ2) is 7.11. The van der Waals surface area contributed by atoms with E-state index in [1.807, 2.05) is 44.3 Å². The van der Waals surface area contributed by atoms with Gasteiger partial charge in [-0.25, -0.2) is 0 Å². The number of carbonyl (C=O) groups excluding carboxylic acids is 1. The van der Waals surface area contributed by atoms with Crippen molar-refractivity contribution < 1.29 is 4.79 Å². The van der Waals surface area contributed by atoms with Gasteiger partial charge in [0.1, 0.15) is 5.69 Å². The van der Waals surface area contributed by atoms with E-state index in [0.717, 1.165) is 44.3 Å². The predicted octanol–water partition coefficient (Wildman–Crippen LogP) is 4.76. The van der Waals surface area contributed by atoms with E-state index in [1.54, 1.807) is 18.6 Å². The van der Waals surface area contributed by atoms with Crippen LogP contribution in [0.2, 0.25) is 0 Å². The summed E-state index contributed by atoms with van der Waals surface area (Å²) in [6.45, 7) is 3.72. The second-order valence-corrected chi connectivity index (χ2v) is 7.58. The standard InChI is InChI=1S/C23H20N6O/c1-13(2)23(30)26-17-7-16(10-25-11-17)14-3-4-19-18(8-14)22(29-28-19)20-9-15-5-6-24-12-21(15)27-20/h3-13,27H,1-2H3,(H,26,30)(H,28,29). The molecular weight excluding hydrogens is 376 g/mol. The molecule has 4 heterocycles. The molecule has 0 aliphatic rings. The van der Waals surface area contributed by atoms with E-state index >= 15 is 0 Å². The topological polar surface area (TPSA) is 99.3 Å². The maximum Gasteiger partial charge on any atom is 0.226 e. The normalized spacial score (nSPS) is 11.4. The number of nitrogens with one attached hydrogen (secondary N) is 3. The summed E-state index contributed by atoms with van der Waals surface area (Å²) in [6.07, 6.45) is 7.03. The number of carbonyl (C=O) groups is 1. The van der Waals surface area contributed by atoms with Gasteiger partial charge in [0.2, 0.25) is 5.91 Å². The molecule has 1 aromatic carbocycles. The van der Waals surface area contributed by atoms with E-state index in [0.29, 0.717) is 5.69 Å². The van der Waals surface area contributed by atoms with Crippen molar-refractivity contribution >= 4 is 33.4 Å². The molecule has 0 radical (unpaired) electrons. The Bertz CT molecular complexity index is 1350. The number of aromatic amines is 2. The lowest BCUT2D eigenvalue weighted by atomic mass is 10.0. The molecule has 0 saturated carbocycles. The van der Waals surface area contributed by atoms with Crippen molar-refractivity contribution in [3.63, 3.8) is 0 Å². The molecule has 0 aliphatic carbocycles. The van der Waals surface area contributed by atoms with E-state index < -0.39 is 0 Å². The van der Waals surface area contributed by atoms with Crippen LogP contribution in [-0.2, 0) is 4.79 Å². The number of benzene rings is 1. The SMILES string of the molecule is CC(C)C(=O)Nc1cncc(-c2ccc3[nH]nc(-c4cc5ccncc5[nH]4)c3c2)c1. The summed E-state index contributed by atoms with van der Waals surface area (Å²) in [7, 11) is 0. The summed E-state index contributed by atoms with van der Waals surface area (Å²) >= 11 is 0. The van der Waals surface area contributed by atoms with Crippen LogP contribution in [0.4, 0.5) is 5.69 Å². The van der Waals surface area contributed by atoms with Crippen LogP contribution in [0.1, 0.15) is 13.8 Å². The lowest BCUT2D eigenvalue weighted by molar-refractivity contribution is -0.118. The Balaban J connectivity index is 1.55. The van der Waals surface area contributed by atoms with E-state index in [-0.39, 0.29) is 11.8 Å². The van der Waals surface area contributed by atoms with Crippen LogP contribution in [0.3, 0.4) is 0 Å². The number of hydrogen-bond donors (Lipinski definition) is 3. The van der Waals surface area contributed by atoms with Crippen molar-refractivity contribution in [2.75, 3.05) is 5.32 Å². The van der Waals surface area contributed by atoms with Crippen LogP contribution < -0.4 is 5.32 Å². The smallest absolute Gasteiger partial charge is 0.226 e. The highest BCUT2D eigenvalue weighted by Gasteiger charge is 2.13. The highest BCUT2D eigenvalue weighted by Crippen LogP contribution is 2.32. The molecule has 5 rings (SSSR count). The number of fused-ring (bicyclic) bond motifs is 2. The number of H-pyrrole nitrogens is 2. The minimum absolute atomic E-state index is 0.0326. The first-order valence-electron chi connectivity index (χ1n) is 9.76. The fourth-order valence-corrected chi connectivity index (χ4v) is 3.45. The molecule has 7 heteroatoms. The average Bonchev–Trinajstić information content (AvgIpc) is 3.37. The minimum Gasteiger partial charge on any atom is -0.352 e. The first kappa shape index (κ1) is 18.1. The Kier molecular flexibility index (Phi) is 4.28. The van der Waals surface area contributed by atoms with Gasteiger partial charge >= 0.3 is 0 Å². The van der Waals surface area contributed by atoms with Gasteiger partial charge in [0, 0.05) is 34.6 Å². The van der Waals surface area contributed by atoms with Crippen molar-refractivity contribution in [2.24, 2.45) is 5.92 Å². The van der Waals surface area contributed by atoms with Gasteiger partial charge in [-0.1, -0.05) is 19.9 Å². The van der Waals surface area contributed by atoms with Crippen LogP contribution in [-0.4, -0.2) is 31.1 Å². The molecule has 0 saturated heterocycles. The average molecular weight is 396 g/mol. The summed E-state index contributed by atoms with van der Waals surface area (Å²) < 4.78 is 0. The Morgan fingerprint density at radius 1 is 0.967 bits per heavy atom. The number of hydrogen-bond acceptors (Lipinski definition) is 4. The zero-order valence-electron chi connectivity index (χ0n) is 16.6. The molecule has 30 heavy (non-hydrogen) atoms. The second-order valence-electron chi connectivity index (χ2n) is 7.58. The first-order chi connectivity index (χ1) is 14.6. The summed E-state index contributed by atoms with van der Waals surface area (Å²) in [5.74, 6) is -0.125. The highest BCUT2D eigenvalue weighted by atomic mass is 16.1. The quantitative estimate of drug-likeness (QED) is 0.408. The number of pyridine rings is 2. The van der Waals surface area contributed by atoms with Crippen molar-refractivity contribution in [3.05, 3.63) is 61.2 Å². The first-order valence-corrected chi connectivity index (χ1v) is 9.76. The van der Waals surface area contributed by atoms with E-state index in [9.17, 15) is 4.79 Å². The van der Waals surface area contributed by atoms with Crippen molar-refractivity contribution in [1.29, 1.82) is 0 Å². The molecule has 1 amide bonds. The third kappa shape index (κ3) is 3.20. The number of anilines is 1. The van der Waals surface area contributed by atoms with Crippen LogP contribution in [0.15, 0.2) is 61.2 Å². The molecular formula is C23H20N6O. The number of nitrogens with zero attached hydrogens (tertiary/aromatic N) is 3. The number of rotatable bonds is 4. The molecule has 5 aromatic rings. The molecule has 148 valence electrons. The summed E-state index contributed by atoms with van der Waals surface area (Å²) in [5.41, 5.74) is 6.29. The van der Waals surface area contributed by atoms with Gasteiger partial charge in [-0.15, -0.1) is 0 Å². The van der Waals surface area contributed by atoms with Gasteiger partial charge in [0.15, 0.2) is 0 Å². The Morgan fingerprint density at radius 2 is 1.87 bits per heavy atom. The fourth-order valence-electron chi connectivity index (χ4n) is 3.45. The third-order valence-electron chi connectivity index (χ3n) is 5.11. The minimum atomic E-state index is -0.0926. The molecule has 0 spiro atoms. The summed E-state index contributed by atoms with van der Waals surface area (Å²) in [5, 5.41) is 12.6. The zero-order valence-corrected chi connectivity index (χ0v) is 16.6. The number of amides is 1. The molecule has 0 bridgehead atoms. The lowest BCUT2D eigenvalue weighted by Gasteiger charge is -2.09. The van der Waals surface area contributed by atoms with Gasteiger partial charge < -0.3 is 10.3 Å². The van der Waals surface area contributed by atoms with Crippen molar-refractivity contribution in [2.45, 2.75) is 13.8 Å². The van der Waals surface area contributed by atoms with Crippen molar-refractivity contribution in [1.82, 2.24) is 25.1 Å². The molecule has 7 nitrogen and oxygen atoms in total. The highest BCUT2D eigenvalue weighted by molar-refractivity contribution is 5.98. The molecule has 0 unspecified atom stereocenters. The van der Waals surface area contributed by atoms with Gasteiger partial charge in [-0.3, -0.25) is 19.9 Å². The summed E-state index contributed by atoms with van der Waals surface area (Å²) in [4.78, 5) is 23.9. The monoisotopic (exact) mass is 396 g/mol. The molecule has 3 N–H and O–H groups in total. The van der Waals surface area contributed by atoms with Crippen LogP contribution in [0.25, 0.3) is 44.3 Å². The van der Waals surface area contributed by atoms with Gasteiger partial charge in [-0.2, -0.15) is 5.10 Å². The van der Waals surface area contributed by atoms with Crippen LogP contribution in [0.5, 0.6) is 0 Å². The molecule has 0 fully saturated rings. The fraction of sp³-hybridized carbons (Fsp3) is 0.130. The van der Waals surface area contributed by atoms with Crippen LogP contribution in [0, 0.1) is 5.92 Å². The maximum absolute atomic E-state index is 12.0. The summed E-state index contributed by atoms with van der Waals surface area (Å²) in [6, 6.07) is 12.1. The Morgan fingerprint density at radius 3 is 2.70 bits per heavy atom. The largest absolute Gasteiger partial charge is 0.352 e. The van der Waals surface area contributed by atoms with Crippen molar-refractivity contribution in [3.8, 4) is 22.5 Å².